The number of piperazine rings is 1. The molecule has 1 atom stereocenters. The van der Waals surface area contributed by atoms with E-state index < -0.39 is 11.6 Å². The quantitative estimate of drug-likeness (QED) is 0.747. The van der Waals surface area contributed by atoms with E-state index in [-0.39, 0.29) is 18.4 Å². The first-order valence-electron chi connectivity index (χ1n) is 10.1. The second kappa shape index (κ2) is 7.08. The molecule has 0 radical (unpaired) electrons. The second-order valence-electron chi connectivity index (χ2n) is 7.80. The number of aryl methyl sites for hydroxylation is 1. The number of nitrogens with one attached hydrogen (secondary N) is 1. The van der Waals surface area contributed by atoms with Gasteiger partial charge < -0.3 is 15.1 Å². The van der Waals surface area contributed by atoms with Crippen molar-refractivity contribution in [3.05, 3.63) is 53.9 Å². The summed E-state index contributed by atoms with van der Waals surface area (Å²) in [7, 11) is 0. The van der Waals surface area contributed by atoms with Crippen LogP contribution in [-0.4, -0.2) is 70.3 Å². The highest BCUT2D eigenvalue weighted by atomic mass is 16.2. The van der Waals surface area contributed by atoms with Crippen LogP contribution in [0.5, 0.6) is 0 Å². The van der Waals surface area contributed by atoms with Gasteiger partial charge in [0.1, 0.15) is 12.1 Å². The van der Waals surface area contributed by atoms with Crippen molar-refractivity contribution in [2.75, 3.05) is 37.6 Å². The first-order chi connectivity index (χ1) is 14.6. The number of fused-ring (bicyclic) bond motifs is 2. The third kappa shape index (κ3) is 2.89. The Morgan fingerprint density at radius 2 is 1.77 bits per heavy atom. The fourth-order valence-corrected chi connectivity index (χ4v) is 4.58. The summed E-state index contributed by atoms with van der Waals surface area (Å²) in [6.07, 6.45) is 4.63. The summed E-state index contributed by atoms with van der Waals surface area (Å²) in [5, 5.41) is 2.86. The SMILES string of the molecule is O=C(CN1C(=O)N[C@@]2(CCc3ccccc32)C1=O)N1CCN(c2ncccn2)CC1. The summed E-state index contributed by atoms with van der Waals surface area (Å²) >= 11 is 0. The molecule has 1 aromatic heterocycles. The molecule has 154 valence electrons. The molecule has 1 aromatic carbocycles. The molecule has 2 aromatic rings. The summed E-state index contributed by atoms with van der Waals surface area (Å²) in [6.45, 7) is 1.96. The second-order valence-corrected chi connectivity index (χ2v) is 7.80. The number of imide groups is 1. The average molecular weight is 406 g/mol. The normalized spacial score (nSPS) is 23.1. The summed E-state index contributed by atoms with van der Waals surface area (Å²) in [6, 6.07) is 8.93. The molecule has 1 N–H and O–H groups in total. The van der Waals surface area contributed by atoms with Crippen LogP contribution in [0.2, 0.25) is 0 Å². The van der Waals surface area contributed by atoms with Crippen molar-refractivity contribution < 1.29 is 14.4 Å². The Morgan fingerprint density at radius 1 is 1.03 bits per heavy atom. The summed E-state index contributed by atoms with van der Waals surface area (Å²) in [5.74, 6) is 0.0816. The Kier molecular flexibility index (Phi) is 4.38. The monoisotopic (exact) mass is 406 g/mol. The minimum absolute atomic E-state index is 0.226. The highest BCUT2D eigenvalue weighted by molar-refractivity contribution is 6.09. The third-order valence-corrected chi connectivity index (χ3v) is 6.18. The number of hydrogen-bond acceptors (Lipinski definition) is 6. The molecule has 5 rings (SSSR count). The van der Waals surface area contributed by atoms with E-state index in [1.807, 2.05) is 29.2 Å². The average Bonchev–Trinajstić information content (AvgIpc) is 3.27. The molecule has 2 aliphatic heterocycles. The van der Waals surface area contributed by atoms with E-state index in [4.69, 9.17) is 0 Å². The van der Waals surface area contributed by atoms with E-state index in [1.165, 1.54) is 0 Å². The third-order valence-electron chi connectivity index (χ3n) is 6.18. The van der Waals surface area contributed by atoms with E-state index >= 15 is 0 Å². The van der Waals surface area contributed by atoms with Crippen LogP contribution in [0.15, 0.2) is 42.7 Å². The number of anilines is 1. The molecule has 2 fully saturated rings. The number of urea groups is 1. The predicted molar refractivity (Wildman–Crippen MR) is 108 cm³/mol. The van der Waals surface area contributed by atoms with Gasteiger partial charge in [-0.1, -0.05) is 24.3 Å². The van der Waals surface area contributed by atoms with Crippen LogP contribution in [0.25, 0.3) is 0 Å². The fraction of sp³-hybridized carbons (Fsp3) is 0.381. The number of amides is 4. The van der Waals surface area contributed by atoms with Crippen molar-refractivity contribution >= 4 is 23.8 Å². The van der Waals surface area contributed by atoms with Crippen LogP contribution in [0.3, 0.4) is 0 Å². The van der Waals surface area contributed by atoms with Crippen molar-refractivity contribution in [3.8, 4) is 0 Å². The van der Waals surface area contributed by atoms with Gasteiger partial charge in [-0.15, -0.1) is 0 Å². The molecule has 9 nitrogen and oxygen atoms in total. The Hall–Kier alpha value is -3.49. The zero-order valence-electron chi connectivity index (χ0n) is 16.5. The zero-order valence-corrected chi connectivity index (χ0v) is 16.5. The molecule has 0 bridgehead atoms. The van der Waals surface area contributed by atoms with Crippen molar-refractivity contribution in [2.24, 2.45) is 0 Å². The molecule has 1 aliphatic carbocycles. The lowest BCUT2D eigenvalue weighted by Crippen LogP contribution is -2.52. The summed E-state index contributed by atoms with van der Waals surface area (Å²) in [4.78, 5) is 51.9. The number of rotatable bonds is 3. The highest BCUT2D eigenvalue weighted by Crippen LogP contribution is 2.41. The predicted octanol–water partition coefficient (Wildman–Crippen LogP) is 0.519. The van der Waals surface area contributed by atoms with Crippen LogP contribution >= 0.6 is 0 Å². The van der Waals surface area contributed by atoms with Gasteiger partial charge in [-0.25, -0.2) is 14.8 Å². The van der Waals surface area contributed by atoms with Gasteiger partial charge in [0, 0.05) is 38.6 Å². The topological polar surface area (TPSA) is 98.7 Å². The molecular weight excluding hydrogens is 384 g/mol. The van der Waals surface area contributed by atoms with E-state index in [0.717, 1.165) is 22.4 Å². The summed E-state index contributed by atoms with van der Waals surface area (Å²) in [5.41, 5.74) is 0.880. The van der Waals surface area contributed by atoms with Gasteiger partial charge in [0.25, 0.3) is 5.91 Å². The van der Waals surface area contributed by atoms with Crippen LogP contribution in [0.1, 0.15) is 17.5 Å². The first kappa shape index (κ1) is 18.5. The smallest absolute Gasteiger partial charge is 0.325 e. The van der Waals surface area contributed by atoms with E-state index in [1.54, 1.807) is 23.4 Å². The number of benzene rings is 1. The van der Waals surface area contributed by atoms with Crippen molar-refractivity contribution in [1.82, 2.24) is 25.1 Å². The Bertz CT molecular complexity index is 1000. The number of hydrogen-bond donors (Lipinski definition) is 1. The van der Waals surface area contributed by atoms with E-state index in [9.17, 15) is 14.4 Å². The Labute approximate surface area is 173 Å². The van der Waals surface area contributed by atoms with Gasteiger partial charge in [-0.05, 0) is 30.0 Å². The van der Waals surface area contributed by atoms with Crippen LogP contribution in [0.4, 0.5) is 10.7 Å². The maximum absolute atomic E-state index is 13.2. The maximum Gasteiger partial charge on any atom is 0.325 e. The molecule has 4 amide bonds. The van der Waals surface area contributed by atoms with Crippen molar-refractivity contribution in [2.45, 2.75) is 18.4 Å². The molecule has 3 heterocycles. The molecule has 1 spiro atoms. The highest BCUT2D eigenvalue weighted by Gasteiger charge is 2.55. The maximum atomic E-state index is 13.2. The lowest BCUT2D eigenvalue weighted by molar-refractivity contribution is -0.139. The van der Waals surface area contributed by atoms with E-state index in [2.05, 4.69) is 15.3 Å². The minimum Gasteiger partial charge on any atom is -0.338 e. The number of nitrogens with zero attached hydrogens (tertiary/aromatic N) is 5. The van der Waals surface area contributed by atoms with Crippen LogP contribution in [0, 0.1) is 0 Å². The summed E-state index contributed by atoms with van der Waals surface area (Å²) < 4.78 is 0. The van der Waals surface area contributed by atoms with Crippen LogP contribution in [-0.2, 0) is 21.5 Å². The lowest BCUT2D eigenvalue weighted by Gasteiger charge is -2.35. The zero-order chi connectivity index (χ0) is 20.7. The van der Waals surface area contributed by atoms with Gasteiger partial charge in [0.05, 0.1) is 0 Å². The lowest BCUT2D eigenvalue weighted by atomic mass is 9.92. The minimum atomic E-state index is -1.03. The number of carbonyl (C=O) groups excluding carboxylic acids is 3. The van der Waals surface area contributed by atoms with Gasteiger partial charge in [-0.3, -0.25) is 14.5 Å². The van der Waals surface area contributed by atoms with Gasteiger partial charge in [0.2, 0.25) is 11.9 Å². The molecule has 0 unspecified atom stereocenters. The fourth-order valence-electron chi connectivity index (χ4n) is 4.58. The number of aromatic nitrogens is 2. The van der Waals surface area contributed by atoms with Crippen molar-refractivity contribution in [1.29, 1.82) is 0 Å². The molecule has 9 heteroatoms. The van der Waals surface area contributed by atoms with Gasteiger partial charge >= 0.3 is 6.03 Å². The Morgan fingerprint density at radius 3 is 2.53 bits per heavy atom. The standard InChI is InChI=1S/C21H22N6O3/c28-17(25-10-12-26(13-11-25)19-22-8-3-9-23-19)14-27-18(29)21(24-20(27)30)7-6-15-4-1-2-5-16(15)21/h1-5,8-9H,6-7,10-14H2,(H,24,30)/t21-/m1/s1. The molecular formula is C21H22N6O3. The first-order valence-corrected chi connectivity index (χ1v) is 10.1. The number of carbonyl (C=O) groups is 3. The van der Waals surface area contributed by atoms with E-state index in [0.29, 0.717) is 38.5 Å². The Balaban J connectivity index is 1.25. The van der Waals surface area contributed by atoms with Crippen molar-refractivity contribution in [3.63, 3.8) is 0 Å². The molecule has 3 aliphatic rings. The molecule has 0 saturated carbocycles. The largest absolute Gasteiger partial charge is 0.338 e. The molecule has 2 saturated heterocycles. The van der Waals surface area contributed by atoms with Gasteiger partial charge in [-0.2, -0.15) is 0 Å². The molecule has 30 heavy (non-hydrogen) atoms. The van der Waals surface area contributed by atoms with Crippen LogP contribution < -0.4 is 10.2 Å². The van der Waals surface area contributed by atoms with Gasteiger partial charge in [0.15, 0.2) is 0 Å².